The van der Waals surface area contributed by atoms with Gasteiger partial charge < -0.3 is 10.3 Å². The molecule has 3 nitrogen and oxygen atoms in total. The Morgan fingerprint density at radius 2 is 2.24 bits per heavy atom. The predicted octanol–water partition coefficient (Wildman–Crippen LogP) is 3.24. The van der Waals surface area contributed by atoms with E-state index in [1.807, 2.05) is 11.8 Å². The maximum atomic E-state index is 6.04. The summed E-state index contributed by atoms with van der Waals surface area (Å²) in [4.78, 5) is 4.47. The van der Waals surface area contributed by atoms with Crippen LogP contribution in [-0.2, 0) is 0 Å². The molecule has 0 aliphatic carbocycles. The summed E-state index contributed by atoms with van der Waals surface area (Å²) in [6.45, 7) is 6.45. The van der Waals surface area contributed by atoms with Gasteiger partial charge in [-0.2, -0.15) is 11.8 Å². The number of imidazole rings is 1. The van der Waals surface area contributed by atoms with Crippen molar-refractivity contribution < 1.29 is 0 Å². The van der Waals surface area contributed by atoms with E-state index in [0.29, 0.717) is 12.0 Å². The molecule has 0 fully saturated rings. The number of hydrogen-bond acceptors (Lipinski definition) is 3. The van der Waals surface area contributed by atoms with Gasteiger partial charge in [-0.1, -0.05) is 19.1 Å². The van der Waals surface area contributed by atoms with Crippen molar-refractivity contribution in [3.8, 4) is 0 Å². The first-order valence-electron chi connectivity index (χ1n) is 5.96. The number of para-hydroxylation sites is 1. The minimum Gasteiger partial charge on any atom is -0.369 e. The smallest absolute Gasteiger partial charge is 0.201 e. The molecule has 0 spiro atoms. The molecule has 92 valence electrons. The summed E-state index contributed by atoms with van der Waals surface area (Å²) in [5.41, 5.74) is 9.39. The van der Waals surface area contributed by atoms with E-state index in [1.54, 1.807) is 0 Å². The number of fused-ring (bicyclic) bond motifs is 1. The molecule has 1 aromatic carbocycles. The van der Waals surface area contributed by atoms with Gasteiger partial charge in [-0.15, -0.1) is 0 Å². The van der Waals surface area contributed by atoms with Crippen LogP contribution in [0.5, 0.6) is 0 Å². The van der Waals surface area contributed by atoms with Crippen LogP contribution in [0.2, 0.25) is 0 Å². The van der Waals surface area contributed by atoms with E-state index in [9.17, 15) is 0 Å². The summed E-state index contributed by atoms with van der Waals surface area (Å²) in [5.74, 6) is 2.83. The molecule has 0 bridgehead atoms. The van der Waals surface area contributed by atoms with Crippen LogP contribution in [0.4, 0.5) is 5.95 Å². The third-order valence-corrected chi connectivity index (χ3v) is 4.08. The van der Waals surface area contributed by atoms with E-state index in [-0.39, 0.29) is 0 Å². The van der Waals surface area contributed by atoms with Crippen LogP contribution in [0.15, 0.2) is 18.2 Å². The Balaban J connectivity index is 2.46. The standard InChI is InChI=1S/C13H19N3S/c1-4-17-8-10(3)16-11-7-5-6-9(2)12(11)15-13(16)14/h5-7,10H,4,8H2,1-3H3,(H2,14,15). The van der Waals surface area contributed by atoms with Crippen LogP contribution in [0.25, 0.3) is 11.0 Å². The molecule has 4 heteroatoms. The molecule has 0 aliphatic rings. The van der Waals surface area contributed by atoms with Gasteiger partial charge in [0.25, 0.3) is 0 Å². The lowest BCUT2D eigenvalue weighted by atomic mass is 10.2. The second kappa shape index (κ2) is 5.00. The number of nitrogen functional groups attached to an aromatic ring is 1. The van der Waals surface area contributed by atoms with Gasteiger partial charge in [0.05, 0.1) is 11.0 Å². The average molecular weight is 249 g/mol. The summed E-state index contributed by atoms with van der Waals surface area (Å²) >= 11 is 1.93. The van der Waals surface area contributed by atoms with E-state index in [2.05, 4.69) is 48.5 Å². The molecule has 1 unspecified atom stereocenters. The van der Waals surface area contributed by atoms with Crippen molar-refractivity contribution in [2.75, 3.05) is 17.2 Å². The molecule has 1 heterocycles. The second-order valence-electron chi connectivity index (χ2n) is 4.29. The average Bonchev–Trinajstić information content (AvgIpc) is 2.64. The van der Waals surface area contributed by atoms with E-state index in [0.717, 1.165) is 22.5 Å². The number of hydrogen-bond donors (Lipinski definition) is 1. The molecular formula is C13H19N3S. The quantitative estimate of drug-likeness (QED) is 0.904. The van der Waals surface area contributed by atoms with Gasteiger partial charge in [0.1, 0.15) is 0 Å². The highest BCUT2D eigenvalue weighted by Gasteiger charge is 2.14. The SMILES string of the molecule is CCSCC(C)n1c(N)nc2c(C)cccc21. The monoisotopic (exact) mass is 249 g/mol. The largest absolute Gasteiger partial charge is 0.369 e. The number of rotatable bonds is 4. The fraction of sp³-hybridized carbons (Fsp3) is 0.462. The second-order valence-corrected chi connectivity index (χ2v) is 5.61. The van der Waals surface area contributed by atoms with Gasteiger partial charge >= 0.3 is 0 Å². The zero-order chi connectivity index (χ0) is 12.4. The number of aromatic nitrogens is 2. The molecular weight excluding hydrogens is 230 g/mol. The van der Waals surface area contributed by atoms with Crippen molar-refractivity contribution in [3.05, 3.63) is 23.8 Å². The highest BCUT2D eigenvalue weighted by molar-refractivity contribution is 7.99. The molecule has 2 rings (SSSR count). The van der Waals surface area contributed by atoms with Crippen molar-refractivity contribution in [1.82, 2.24) is 9.55 Å². The molecule has 2 aromatic rings. The summed E-state index contributed by atoms with van der Waals surface area (Å²) in [6, 6.07) is 6.62. The van der Waals surface area contributed by atoms with Gasteiger partial charge in [0, 0.05) is 11.8 Å². The Bertz CT molecular complexity index is 519. The molecule has 0 saturated heterocycles. The Labute approximate surface area is 106 Å². The first kappa shape index (κ1) is 12.3. The zero-order valence-corrected chi connectivity index (χ0v) is 11.4. The highest BCUT2D eigenvalue weighted by Crippen LogP contribution is 2.26. The topological polar surface area (TPSA) is 43.8 Å². The number of nitrogens with two attached hydrogens (primary N) is 1. The minimum atomic E-state index is 0.381. The molecule has 0 radical (unpaired) electrons. The molecule has 2 N–H and O–H groups in total. The van der Waals surface area contributed by atoms with Gasteiger partial charge in [-0.05, 0) is 31.2 Å². The Morgan fingerprint density at radius 1 is 1.47 bits per heavy atom. The fourth-order valence-electron chi connectivity index (χ4n) is 2.10. The maximum absolute atomic E-state index is 6.04. The lowest BCUT2D eigenvalue weighted by Gasteiger charge is -2.15. The fourth-order valence-corrected chi connectivity index (χ4v) is 2.83. The summed E-state index contributed by atoms with van der Waals surface area (Å²) in [5, 5.41) is 0. The van der Waals surface area contributed by atoms with Crippen molar-refractivity contribution >= 4 is 28.7 Å². The van der Waals surface area contributed by atoms with Crippen molar-refractivity contribution in [2.24, 2.45) is 0 Å². The Hall–Kier alpha value is -1.16. The molecule has 1 aromatic heterocycles. The minimum absolute atomic E-state index is 0.381. The van der Waals surface area contributed by atoms with Gasteiger partial charge in [0.15, 0.2) is 0 Å². The van der Waals surface area contributed by atoms with Crippen molar-refractivity contribution in [3.63, 3.8) is 0 Å². The molecule has 0 aliphatic heterocycles. The number of anilines is 1. The third kappa shape index (κ3) is 2.27. The number of nitrogens with zero attached hydrogens (tertiary/aromatic N) is 2. The predicted molar refractivity (Wildman–Crippen MR) is 76.6 cm³/mol. The van der Waals surface area contributed by atoms with E-state index in [4.69, 9.17) is 5.73 Å². The van der Waals surface area contributed by atoms with E-state index in [1.165, 1.54) is 5.56 Å². The summed E-state index contributed by atoms with van der Waals surface area (Å²) in [7, 11) is 0. The van der Waals surface area contributed by atoms with Crippen LogP contribution in [0.1, 0.15) is 25.5 Å². The Kier molecular flexibility index (Phi) is 3.62. The summed E-state index contributed by atoms with van der Waals surface area (Å²) in [6.07, 6.45) is 0. The number of thioether (sulfide) groups is 1. The van der Waals surface area contributed by atoms with Crippen molar-refractivity contribution in [1.29, 1.82) is 0 Å². The van der Waals surface area contributed by atoms with Crippen LogP contribution in [0, 0.1) is 6.92 Å². The first-order valence-corrected chi connectivity index (χ1v) is 7.11. The molecule has 1 atom stereocenters. The van der Waals surface area contributed by atoms with E-state index < -0.39 is 0 Å². The van der Waals surface area contributed by atoms with Crippen LogP contribution in [0.3, 0.4) is 0 Å². The first-order chi connectivity index (χ1) is 8.15. The van der Waals surface area contributed by atoms with Crippen LogP contribution in [-0.4, -0.2) is 21.1 Å². The maximum Gasteiger partial charge on any atom is 0.201 e. The lowest BCUT2D eigenvalue weighted by molar-refractivity contribution is 0.637. The van der Waals surface area contributed by atoms with E-state index >= 15 is 0 Å². The van der Waals surface area contributed by atoms with Crippen LogP contribution < -0.4 is 5.73 Å². The Morgan fingerprint density at radius 3 is 2.94 bits per heavy atom. The third-order valence-electron chi connectivity index (χ3n) is 2.95. The van der Waals surface area contributed by atoms with Gasteiger partial charge in [-0.25, -0.2) is 4.98 Å². The number of benzene rings is 1. The lowest BCUT2D eigenvalue weighted by Crippen LogP contribution is -2.11. The highest BCUT2D eigenvalue weighted by atomic mass is 32.2. The molecule has 0 saturated carbocycles. The zero-order valence-electron chi connectivity index (χ0n) is 10.6. The molecule has 0 amide bonds. The van der Waals surface area contributed by atoms with Crippen molar-refractivity contribution in [2.45, 2.75) is 26.8 Å². The van der Waals surface area contributed by atoms with Gasteiger partial charge in [0.2, 0.25) is 5.95 Å². The summed E-state index contributed by atoms with van der Waals surface area (Å²) < 4.78 is 2.14. The van der Waals surface area contributed by atoms with Gasteiger partial charge in [-0.3, -0.25) is 0 Å². The number of aryl methyl sites for hydroxylation is 1. The normalized spacial score (nSPS) is 13.1. The van der Waals surface area contributed by atoms with Crippen LogP contribution >= 0.6 is 11.8 Å². The molecule has 17 heavy (non-hydrogen) atoms.